The Labute approximate surface area is 286 Å². The second kappa shape index (κ2) is 33.2. The van der Waals surface area contributed by atoms with E-state index in [0.29, 0.717) is 12.8 Å². The summed E-state index contributed by atoms with van der Waals surface area (Å²) in [5.74, 6) is -1.04. The van der Waals surface area contributed by atoms with Gasteiger partial charge in [0.2, 0.25) is 0 Å². The van der Waals surface area contributed by atoms with Crippen molar-refractivity contribution in [1.29, 1.82) is 0 Å². The normalized spacial score (nSPS) is 14.2. The summed E-state index contributed by atoms with van der Waals surface area (Å²) in [6.07, 6.45) is 28.7. The maximum atomic E-state index is 12.2. The predicted octanol–water partition coefficient (Wildman–Crippen LogP) is 8.89. The third-order valence-corrected chi connectivity index (χ3v) is 8.93. The fourth-order valence-electron chi connectivity index (χ4n) is 5.05. The van der Waals surface area contributed by atoms with Crippen LogP contribution in [-0.2, 0) is 32.7 Å². The molecule has 0 aliphatic rings. The molecule has 3 N–H and O–H groups in total. The smallest absolute Gasteiger partial charge is 0.457 e. The number of allylic oxidation sites excluding steroid dienone is 2. The Morgan fingerprint density at radius 2 is 0.872 bits per heavy atom. The summed E-state index contributed by atoms with van der Waals surface area (Å²) in [6.45, 7) is 1.99. The van der Waals surface area contributed by atoms with E-state index < -0.39 is 58.4 Å². The van der Waals surface area contributed by atoms with Crippen LogP contribution in [0.2, 0.25) is 0 Å². The van der Waals surface area contributed by atoms with Crippen LogP contribution in [0.1, 0.15) is 168 Å². The SMILES string of the molecule is CCCCCCCCCC/C=C\CCCCCCCCCCCC(=O)OC(CO)COP(=O)(O)OCC(CO)OC(=O)CCCCC. The van der Waals surface area contributed by atoms with Gasteiger partial charge >= 0.3 is 19.8 Å². The molecule has 11 heteroatoms. The monoisotopic (exact) mass is 692 g/mol. The van der Waals surface area contributed by atoms with Gasteiger partial charge in [-0.1, -0.05) is 129 Å². The molecule has 0 aliphatic heterocycles. The lowest BCUT2D eigenvalue weighted by molar-refractivity contribution is -0.153. The Morgan fingerprint density at radius 3 is 1.26 bits per heavy atom. The topological polar surface area (TPSA) is 149 Å². The second-order valence-corrected chi connectivity index (χ2v) is 14.0. The Bertz CT molecular complexity index is 807. The molecule has 0 aliphatic carbocycles. The number of aliphatic hydroxyl groups is 2. The lowest BCUT2D eigenvalue weighted by atomic mass is 10.1. The van der Waals surface area contributed by atoms with E-state index in [1.165, 1.54) is 96.3 Å². The van der Waals surface area contributed by atoms with Crippen molar-refractivity contribution in [3.05, 3.63) is 12.2 Å². The summed E-state index contributed by atoms with van der Waals surface area (Å²) in [5.41, 5.74) is 0. The molecule has 10 nitrogen and oxygen atoms in total. The molecule has 0 aromatic heterocycles. The van der Waals surface area contributed by atoms with Gasteiger partial charge in [-0.05, 0) is 38.5 Å². The van der Waals surface area contributed by atoms with Crippen molar-refractivity contribution < 1.29 is 47.8 Å². The minimum Gasteiger partial charge on any atom is -0.457 e. The summed E-state index contributed by atoms with van der Waals surface area (Å²) in [5, 5.41) is 18.9. The zero-order valence-electron chi connectivity index (χ0n) is 29.8. The van der Waals surface area contributed by atoms with Crippen molar-refractivity contribution in [3.8, 4) is 0 Å². The van der Waals surface area contributed by atoms with Crippen molar-refractivity contribution in [3.63, 3.8) is 0 Å². The number of carbonyl (C=O) groups excluding carboxylic acids is 2. The van der Waals surface area contributed by atoms with E-state index in [1.807, 2.05) is 6.92 Å². The van der Waals surface area contributed by atoms with Crippen LogP contribution >= 0.6 is 7.82 Å². The van der Waals surface area contributed by atoms with E-state index in [4.69, 9.17) is 18.5 Å². The quantitative estimate of drug-likeness (QED) is 0.0254. The summed E-state index contributed by atoms with van der Waals surface area (Å²) in [6, 6.07) is 0. The number of hydrogen-bond acceptors (Lipinski definition) is 9. The number of esters is 2. The van der Waals surface area contributed by atoms with Gasteiger partial charge in [-0.25, -0.2) is 4.57 Å². The zero-order chi connectivity index (χ0) is 34.9. The van der Waals surface area contributed by atoms with Crippen LogP contribution in [-0.4, -0.2) is 65.7 Å². The molecular weight excluding hydrogens is 623 g/mol. The molecule has 0 aromatic rings. The molecule has 0 saturated heterocycles. The summed E-state index contributed by atoms with van der Waals surface area (Å²) in [4.78, 5) is 33.8. The average molecular weight is 693 g/mol. The van der Waals surface area contributed by atoms with E-state index in [2.05, 4.69) is 19.1 Å². The molecular formula is C36H69O10P. The third kappa shape index (κ3) is 31.7. The number of phosphoric ester groups is 1. The van der Waals surface area contributed by atoms with Crippen LogP contribution in [0.15, 0.2) is 12.2 Å². The standard InChI is InChI=1S/C36H69O10P/c1-3-5-7-8-9-10-11-12-13-14-15-16-17-18-19-20-21-22-23-24-26-28-36(40)46-34(30-38)32-44-47(41,42)43-31-33(29-37)45-35(39)27-25-6-4-2/h14-15,33-34,37-38H,3-13,16-32H2,1-2H3,(H,41,42)/b15-14-. The zero-order valence-corrected chi connectivity index (χ0v) is 30.6. The van der Waals surface area contributed by atoms with Crippen LogP contribution in [0, 0.1) is 0 Å². The first-order valence-corrected chi connectivity index (χ1v) is 20.1. The van der Waals surface area contributed by atoms with Gasteiger partial charge in [-0.2, -0.15) is 0 Å². The molecule has 0 aromatic carbocycles. The number of ether oxygens (including phenoxy) is 2. The predicted molar refractivity (Wildman–Crippen MR) is 187 cm³/mol. The minimum absolute atomic E-state index is 0.180. The van der Waals surface area contributed by atoms with Crippen LogP contribution < -0.4 is 0 Å². The van der Waals surface area contributed by atoms with E-state index in [0.717, 1.165) is 32.1 Å². The Kier molecular flexibility index (Phi) is 32.3. The van der Waals surface area contributed by atoms with Gasteiger partial charge in [-0.15, -0.1) is 0 Å². The molecule has 278 valence electrons. The highest BCUT2D eigenvalue weighted by Crippen LogP contribution is 2.43. The number of aliphatic hydroxyl groups excluding tert-OH is 2. The van der Waals surface area contributed by atoms with E-state index >= 15 is 0 Å². The first kappa shape index (κ1) is 45.7. The first-order chi connectivity index (χ1) is 22.8. The highest BCUT2D eigenvalue weighted by molar-refractivity contribution is 7.47. The van der Waals surface area contributed by atoms with Gasteiger partial charge in [-0.3, -0.25) is 18.6 Å². The van der Waals surface area contributed by atoms with Gasteiger partial charge in [0.1, 0.15) is 12.2 Å². The summed E-state index contributed by atoms with van der Waals surface area (Å²) < 4.78 is 32.0. The summed E-state index contributed by atoms with van der Waals surface area (Å²) >= 11 is 0. The van der Waals surface area contributed by atoms with Gasteiger partial charge < -0.3 is 24.6 Å². The molecule has 0 fully saturated rings. The first-order valence-electron chi connectivity index (χ1n) is 18.6. The molecule has 0 radical (unpaired) electrons. The van der Waals surface area contributed by atoms with E-state index in [1.54, 1.807) is 0 Å². The molecule has 0 bridgehead atoms. The van der Waals surface area contributed by atoms with Crippen LogP contribution in [0.5, 0.6) is 0 Å². The Hall–Kier alpha value is -1.29. The lowest BCUT2D eigenvalue weighted by Crippen LogP contribution is -2.28. The van der Waals surface area contributed by atoms with Gasteiger partial charge in [0, 0.05) is 12.8 Å². The third-order valence-electron chi connectivity index (χ3n) is 7.98. The molecule has 0 heterocycles. The maximum absolute atomic E-state index is 12.2. The highest BCUT2D eigenvalue weighted by Gasteiger charge is 2.27. The van der Waals surface area contributed by atoms with Crippen LogP contribution in [0.3, 0.4) is 0 Å². The fourth-order valence-corrected chi connectivity index (χ4v) is 5.83. The van der Waals surface area contributed by atoms with Crippen molar-refractivity contribution in [2.75, 3.05) is 26.4 Å². The molecule has 0 amide bonds. The highest BCUT2D eigenvalue weighted by atomic mass is 31.2. The molecule has 0 rings (SSSR count). The van der Waals surface area contributed by atoms with Crippen molar-refractivity contribution in [2.24, 2.45) is 0 Å². The number of hydrogen-bond donors (Lipinski definition) is 3. The fraction of sp³-hybridized carbons (Fsp3) is 0.889. The van der Waals surface area contributed by atoms with Crippen LogP contribution in [0.4, 0.5) is 0 Å². The number of unbranched alkanes of at least 4 members (excludes halogenated alkanes) is 19. The van der Waals surface area contributed by atoms with Crippen molar-refractivity contribution >= 4 is 19.8 Å². The van der Waals surface area contributed by atoms with Crippen molar-refractivity contribution in [1.82, 2.24) is 0 Å². The molecule has 47 heavy (non-hydrogen) atoms. The largest absolute Gasteiger partial charge is 0.472 e. The molecule has 3 atom stereocenters. The Balaban J connectivity index is 3.79. The number of phosphoric acid groups is 1. The van der Waals surface area contributed by atoms with Crippen LogP contribution in [0.25, 0.3) is 0 Å². The lowest BCUT2D eigenvalue weighted by Gasteiger charge is -2.20. The maximum Gasteiger partial charge on any atom is 0.472 e. The molecule has 0 saturated carbocycles. The van der Waals surface area contributed by atoms with E-state index in [-0.39, 0.29) is 12.8 Å². The molecule has 0 spiro atoms. The number of rotatable bonds is 35. The van der Waals surface area contributed by atoms with Crippen molar-refractivity contribution in [2.45, 2.75) is 180 Å². The average Bonchev–Trinajstić information content (AvgIpc) is 3.05. The van der Waals surface area contributed by atoms with Gasteiger partial charge in [0.25, 0.3) is 0 Å². The number of carbonyl (C=O) groups is 2. The minimum atomic E-state index is -4.61. The van der Waals surface area contributed by atoms with Gasteiger partial charge in [0.15, 0.2) is 0 Å². The Morgan fingerprint density at radius 1 is 0.553 bits per heavy atom. The summed E-state index contributed by atoms with van der Waals surface area (Å²) in [7, 11) is -4.61. The second-order valence-electron chi connectivity index (χ2n) is 12.6. The van der Waals surface area contributed by atoms with E-state index in [9.17, 15) is 29.3 Å². The molecule has 3 unspecified atom stereocenters. The van der Waals surface area contributed by atoms with Gasteiger partial charge in [0.05, 0.1) is 26.4 Å².